The van der Waals surface area contributed by atoms with Gasteiger partial charge < -0.3 is 5.32 Å². The van der Waals surface area contributed by atoms with Crippen LogP contribution in [0.4, 0.5) is 10.1 Å². The van der Waals surface area contributed by atoms with Gasteiger partial charge in [-0.1, -0.05) is 46.9 Å². The summed E-state index contributed by atoms with van der Waals surface area (Å²) >= 11 is 18.0. The zero-order chi connectivity index (χ0) is 14.9. The van der Waals surface area contributed by atoms with Gasteiger partial charge in [0.15, 0.2) is 0 Å². The number of aryl methyl sites for hydroxylation is 1. The highest BCUT2D eigenvalue weighted by molar-refractivity contribution is 6.35. The third-order valence-electron chi connectivity index (χ3n) is 3.09. The predicted molar refractivity (Wildman–Crippen MR) is 84.6 cm³/mol. The molecule has 0 aromatic heterocycles. The number of rotatable bonds is 3. The first kappa shape index (κ1) is 15.4. The molecular weight excluding hydrogens is 320 g/mol. The Balaban J connectivity index is 2.33. The molecule has 0 amide bonds. The molecule has 1 N–H and O–H groups in total. The van der Waals surface area contributed by atoms with Gasteiger partial charge >= 0.3 is 0 Å². The minimum Gasteiger partial charge on any atom is -0.377 e. The fraction of sp³-hybridized carbons (Fsp3) is 0.200. The van der Waals surface area contributed by atoms with E-state index >= 15 is 0 Å². The molecule has 1 atom stereocenters. The highest BCUT2D eigenvalue weighted by Crippen LogP contribution is 2.33. The van der Waals surface area contributed by atoms with E-state index in [2.05, 4.69) is 5.32 Å². The Bertz CT molecular complexity index is 623. The van der Waals surface area contributed by atoms with Crippen LogP contribution < -0.4 is 5.32 Å². The lowest BCUT2D eigenvalue weighted by Gasteiger charge is -2.20. The van der Waals surface area contributed by atoms with Crippen LogP contribution in [-0.2, 0) is 0 Å². The Kier molecular flexibility index (Phi) is 4.79. The van der Waals surface area contributed by atoms with Crippen LogP contribution in [0.5, 0.6) is 0 Å². The molecule has 0 radical (unpaired) electrons. The van der Waals surface area contributed by atoms with Crippen LogP contribution in [0.25, 0.3) is 0 Å². The molecule has 0 saturated carbocycles. The first-order valence-electron chi connectivity index (χ1n) is 6.06. The lowest BCUT2D eigenvalue weighted by atomic mass is 10.1. The summed E-state index contributed by atoms with van der Waals surface area (Å²) < 4.78 is 13.6. The third-order valence-corrected chi connectivity index (χ3v) is 4.02. The van der Waals surface area contributed by atoms with Crippen molar-refractivity contribution in [1.29, 1.82) is 0 Å². The van der Waals surface area contributed by atoms with E-state index in [4.69, 9.17) is 34.8 Å². The molecule has 0 aliphatic heterocycles. The van der Waals surface area contributed by atoms with E-state index in [0.717, 1.165) is 11.3 Å². The normalized spacial score (nSPS) is 12.3. The van der Waals surface area contributed by atoms with Gasteiger partial charge in [0.1, 0.15) is 5.82 Å². The molecule has 2 aromatic carbocycles. The highest BCUT2D eigenvalue weighted by atomic mass is 35.5. The fourth-order valence-electron chi connectivity index (χ4n) is 1.98. The van der Waals surface area contributed by atoms with Gasteiger partial charge in [-0.2, -0.15) is 0 Å². The number of benzene rings is 2. The van der Waals surface area contributed by atoms with Gasteiger partial charge in [0.25, 0.3) is 0 Å². The minimum absolute atomic E-state index is 0.0138. The summed E-state index contributed by atoms with van der Waals surface area (Å²) in [5.74, 6) is -0.490. The molecule has 0 saturated heterocycles. The van der Waals surface area contributed by atoms with Crippen LogP contribution in [0.2, 0.25) is 15.1 Å². The van der Waals surface area contributed by atoms with Gasteiger partial charge in [0.05, 0.1) is 21.8 Å². The maximum Gasteiger partial charge on any atom is 0.142 e. The number of anilines is 1. The maximum atomic E-state index is 13.6. The average molecular weight is 333 g/mol. The SMILES string of the molecule is Cc1cccc(Cl)c1NC(C)c1cc(F)c(Cl)cc1Cl. The van der Waals surface area contributed by atoms with Crippen molar-refractivity contribution in [2.75, 3.05) is 5.32 Å². The summed E-state index contributed by atoms with van der Waals surface area (Å²) in [7, 11) is 0. The van der Waals surface area contributed by atoms with Crippen molar-refractivity contribution in [3.8, 4) is 0 Å². The van der Waals surface area contributed by atoms with Crippen molar-refractivity contribution in [3.05, 3.63) is 62.3 Å². The van der Waals surface area contributed by atoms with Crippen molar-refractivity contribution in [2.45, 2.75) is 19.9 Å². The Morgan fingerprint density at radius 2 is 1.75 bits per heavy atom. The summed E-state index contributed by atoms with van der Waals surface area (Å²) in [6, 6.07) is 8.17. The molecule has 5 heteroatoms. The van der Waals surface area contributed by atoms with Gasteiger partial charge in [-0.05, 0) is 43.2 Å². The van der Waals surface area contributed by atoms with Crippen LogP contribution in [-0.4, -0.2) is 0 Å². The zero-order valence-electron chi connectivity index (χ0n) is 11.0. The van der Waals surface area contributed by atoms with E-state index in [1.54, 1.807) is 6.07 Å². The molecule has 1 unspecified atom stereocenters. The second kappa shape index (κ2) is 6.21. The monoisotopic (exact) mass is 331 g/mol. The maximum absolute atomic E-state index is 13.6. The van der Waals surface area contributed by atoms with E-state index in [1.165, 1.54) is 12.1 Å². The lowest BCUT2D eigenvalue weighted by molar-refractivity contribution is 0.624. The van der Waals surface area contributed by atoms with Crippen LogP contribution in [0.15, 0.2) is 30.3 Å². The third kappa shape index (κ3) is 3.20. The van der Waals surface area contributed by atoms with Gasteiger partial charge in [0, 0.05) is 5.02 Å². The van der Waals surface area contributed by atoms with E-state index in [0.29, 0.717) is 15.6 Å². The summed E-state index contributed by atoms with van der Waals surface area (Å²) in [5, 5.41) is 4.30. The summed E-state index contributed by atoms with van der Waals surface area (Å²) in [5.41, 5.74) is 2.45. The molecule has 2 aromatic rings. The van der Waals surface area contributed by atoms with Crippen molar-refractivity contribution in [2.24, 2.45) is 0 Å². The smallest absolute Gasteiger partial charge is 0.142 e. The van der Waals surface area contributed by atoms with Crippen LogP contribution in [0.3, 0.4) is 0 Å². The van der Waals surface area contributed by atoms with Gasteiger partial charge in [0.2, 0.25) is 0 Å². The van der Waals surface area contributed by atoms with Crippen molar-refractivity contribution in [3.63, 3.8) is 0 Å². The van der Waals surface area contributed by atoms with E-state index in [1.807, 2.05) is 26.0 Å². The molecular formula is C15H13Cl3FN. The summed E-state index contributed by atoms with van der Waals surface area (Å²) in [6.45, 7) is 3.84. The summed E-state index contributed by atoms with van der Waals surface area (Å²) in [6.07, 6.45) is 0. The van der Waals surface area contributed by atoms with Gasteiger partial charge in [-0.3, -0.25) is 0 Å². The summed E-state index contributed by atoms with van der Waals surface area (Å²) in [4.78, 5) is 0. The fourth-order valence-corrected chi connectivity index (χ4v) is 2.80. The predicted octanol–water partition coefficient (Wildman–Crippen LogP) is 6.27. The first-order valence-corrected chi connectivity index (χ1v) is 7.19. The largest absolute Gasteiger partial charge is 0.377 e. The molecule has 106 valence electrons. The quantitative estimate of drug-likeness (QED) is 0.653. The molecule has 20 heavy (non-hydrogen) atoms. The Morgan fingerprint density at radius 3 is 2.40 bits per heavy atom. The number of hydrogen-bond donors (Lipinski definition) is 1. The molecule has 0 heterocycles. The van der Waals surface area contributed by atoms with Gasteiger partial charge in [-0.15, -0.1) is 0 Å². The Hall–Kier alpha value is -0.960. The number of hydrogen-bond acceptors (Lipinski definition) is 1. The molecule has 0 fully saturated rings. The van der Waals surface area contributed by atoms with Crippen molar-refractivity contribution < 1.29 is 4.39 Å². The van der Waals surface area contributed by atoms with Gasteiger partial charge in [-0.25, -0.2) is 4.39 Å². The Labute approximate surface area is 132 Å². The molecule has 0 bridgehead atoms. The van der Waals surface area contributed by atoms with Crippen LogP contribution >= 0.6 is 34.8 Å². The minimum atomic E-state index is -0.490. The van der Waals surface area contributed by atoms with Crippen molar-refractivity contribution >= 4 is 40.5 Å². The first-order chi connectivity index (χ1) is 9.40. The molecule has 1 nitrogen and oxygen atoms in total. The van der Waals surface area contributed by atoms with E-state index in [-0.39, 0.29) is 11.1 Å². The van der Waals surface area contributed by atoms with Crippen LogP contribution in [0.1, 0.15) is 24.1 Å². The second-order valence-corrected chi connectivity index (χ2v) is 5.81. The van der Waals surface area contributed by atoms with E-state index in [9.17, 15) is 4.39 Å². The molecule has 0 aliphatic rings. The zero-order valence-corrected chi connectivity index (χ0v) is 13.2. The topological polar surface area (TPSA) is 12.0 Å². The highest BCUT2D eigenvalue weighted by Gasteiger charge is 2.15. The number of nitrogens with one attached hydrogen (secondary N) is 1. The standard InChI is InChI=1S/C15H13Cl3FN/c1-8-4-3-5-11(16)15(8)20-9(2)10-6-14(19)13(18)7-12(10)17/h3-7,9,20H,1-2H3. The average Bonchev–Trinajstić information content (AvgIpc) is 2.38. The van der Waals surface area contributed by atoms with E-state index < -0.39 is 5.82 Å². The lowest BCUT2D eigenvalue weighted by Crippen LogP contribution is -2.09. The number of para-hydroxylation sites is 1. The molecule has 0 spiro atoms. The Morgan fingerprint density at radius 1 is 1.05 bits per heavy atom. The molecule has 0 aliphatic carbocycles. The molecule has 2 rings (SSSR count). The number of halogens is 4. The second-order valence-electron chi connectivity index (χ2n) is 4.59. The van der Waals surface area contributed by atoms with Crippen molar-refractivity contribution in [1.82, 2.24) is 0 Å². The van der Waals surface area contributed by atoms with Crippen LogP contribution in [0, 0.1) is 12.7 Å².